The first-order valence-electron chi connectivity index (χ1n) is 9.23. The number of ether oxygens (including phenoxy) is 1. The summed E-state index contributed by atoms with van der Waals surface area (Å²) >= 11 is 1.61. The SMILES string of the molecule is C=CC/C(O)=C\C.CC.CO/C(C)=C/CN=C(C)c1csc(NC(C)C)n1. The Morgan fingerprint density at radius 3 is 2.48 bits per heavy atom. The summed E-state index contributed by atoms with van der Waals surface area (Å²) < 4.78 is 5.05. The zero-order valence-electron chi connectivity index (χ0n) is 18.2. The summed E-state index contributed by atoms with van der Waals surface area (Å²) in [7, 11) is 1.66. The number of methoxy groups -OCH3 is 1. The van der Waals surface area contributed by atoms with E-state index >= 15 is 0 Å². The van der Waals surface area contributed by atoms with Crippen molar-refractivity contribution in [1.29, 1.82) is 0 Å². The second-order valence-corrected chi connectivity index (χ2v) is 6.41. The van der Waals surface area contributed by atoms with Gasteiger partial charge in [-0.2, -0.15) is 0 Å². The lowest BCUT2D eigenvalue weighted by Crippen LogP contribution is -2.09. The number of nitrogens with zero attached hydrogens (tertiary/aromatic N) is 2. The van der Waals surface area contributed by atoms with Crippen molar-refractivity contribution in [2.75, 3.05) is 19.0 Å². The van der Waals surface area contributed by atoms with Gasteiger partial charge in [-0.15, -0.1) is 17.9 Å². The molecule has 0 saturated carbocycles. The van der Waals surface area contributed by atoms with Crippen LogP contribution in [0.4, 0.5) is 5.13 Å². The highest BCUT2D eigenvalue weighted by atomic mass is 32.1. The molecule has 0 aromatic carbocycles. The van der Waals surface area contributed by atoms with Crippen molar-refractivity contribution < 1.29 is 9.84 Å². The Morgan fingerprint density at radius 2 is 2.04 bits per heavy atom. The zero-order valence-corrected chi connectivity index (χ0v) is 19.0. The summed E-state index contributed by atoms with van der Waals surface area (Å²) in [5.41, 5.74) is 1.88. The number of aliphatic hydroxyl groups excluding tert-OH is 1. The second kappa shape index (κ2) is 17.3. The number of nitrogens with one attached hydrogen (secondary N) is 1. The molecule has 0 fully saturated rings. The Balaban J connectivity index is 0. The monoisotopic (exact) mass is 395 g/mol. The molecule has 0 radical (unpaired) electrons. The molecule has 27 heavy (non-hydrogen) atoms. The Morgan fingerprint density at radius 1 is 1.41 bits per heavy atom. The molecule has 0 unspecified atom stereocenters. The van der Waals surface area contributed by atoms with Crippen LogP contribution in [-0.4, -0.2) is 35.5 Å². The molecule has 1 rings (SSSR count). The van der Waals surface area contributed by atoms with Crippen LogP contribution in [0.2, 0.25) is 0 Å². The summed E-state index contributed by atoms with van der Waals surface area (Å²) in [6.45, 7) is 17.9. The quantitative estimate of drug-likeness (QED) is 0.305. The Hall–Kier alpha value is -2.08. The average molecular weight is 396 g/mol. The summed E-state index contributed by atoms with van der Waals surface area (Å²) in [4.78, 5) is 8.94. The van der Waals surface area contributed by atoms with Crippen molar-refractivity contribution in [3.8, 4) is 0 Å². The van der Waals surface area contributed by atoms with Crippen LogP contribution in [-0.2, 0) is 4.74 Å². The van der Waals surface area contributed by atoms with E-state index in [9.17, 15) is 0 Å². The van der Waals surface area contributed by atoms with Crippen LogP contribution in [0.25, 0.3) is 0 Å². The number of thiazole rings is 1. The van der Waals surface area contributed by atoms with Gasteiger partial charge < -0.3 is 15.2 Å². The van der Waals surface area contributed by atoms with Crippen molar-refractivity contribution in [2.24, 2.45) is 4.99 Å². The first kappa shape index (κ1) is 27.1. The number of anilines is 1. The van der Waals surface area contributed by atoms with Gasteiger partial charge >= 0.3 is 0 Å². The van der Waals surface area contributed by atoms with E-state index in [0.29, 0.717) is 24.8 Å². The maximum absolute atomic E-state index is 8.65. The fourth-order valence-electron chi connectivity index (χ4n) is 1.49. The minimum atomic E-state index is 0.384. The van der Waals surface area contributed by atoms with Crippen molar-refractivity contribution >= 4 is 22.2 Å². The third-order valence-corrected chi connectivity index (χ3v) is 3.78. The molecule has 0 spiro atoms. The van der Waals surface area contributed by atoms with Gasteiger partial charge in [0.25, 0.3) is 0 Å². The van der Waals surface area contributed by atoms with Gasteiger partial charge in [0.1, 0.15) is 0 Å². The molecule has 0 aliphatic carbocycles. The zero-order chi connectivity index (χ0) is 21.2. The fourth-order valence-corrected chi connectivity index (χ4v) is 2.40. The molecular weight excluding hydrogens is 358 g/mol. The van der Waals surface area contributed by atoms with E-state index in [-0.39, 0.29) is 0 Å². The van der Waals surface area contributed by atoms with Gasteiger partial charge in [-0.3, -0.25) is 4.99 Å². The number of rotatable bonds is 8. The maximum Gasteiger partial charge on any atom is 0.183 e. The van der Waals surface area contributed by atoms with E-state index in [0.717, 1.165) is 22.3 Å². The molecule has 6 heteroatoms. The summed E-state index contributed by atoms with van der Waals surface area (Å²) in [5, 5.41) is 14.9. The van der Waals surface area contributed by atoms with Crippen LogP contribution in [0.1, 0.15) is 60.6 Å². The van der Waals surface area contributed by atoms with Crippen molar-refractivity contribution in [2.45, 2.75) is 60.9 Å². The largest absolute Gasteiger partial charge is 0.512 e. The van der Waals surface area contributed by atoms with E-state index in [1.165, 1.54) is 0 Å². The van der Waals surface area contributed by atoms with E-state index in [4.69, 9.17) is 9.84 Å². The topological polar surface area (TPSA) is 66.7 Å². The number of allylic oxidation sites excluding steroid dienone is 3. The number of hydrogen-bond donors (Lipinski definition) is 2. The first-order valence-corrected chi connectivity index (χ1v) is 10.1. The second-order valence-electron chi connectivity index (χ2n) is 5.55. The van der Waals surface area contributed by atoms with Gasteiger partial charge in [0.05, 0.1) is 36.6 Å². The number of aliphatic hydroxyl groups is 1. The van der Waals surface area contributed by atoms with Gasteiger partial charge in [-0.1, -0.05) is 19.9 Å². The van der Waals surface area contributed by atoms with Crippen LogP contribution >= 0.6 is 11.3 Å². The van der Waals surface area contributed by atoms with Gasteiger partial charge in [-0.05, 0) is 46.8 Å². The van der Waals surface area contributed by atoms with E-state index < -0.39 is 0 Å². The van der Waals surface area contributed by atoms with Crippen molar-refractivity contribution in [3.05, 3.63) is 47.4 Å². The van der Waals surface area contributed by atoms with Crippen molar-refractivity contribution in [3.63, 3.8) is 0 Å². The third kappa shape index (κ3) is 14.7. The fraction of sp³-hybridized carbons (Fsp3) is 0.524. The summed E-state index contributed by atoms with van der Waals surface area (Å²) in [6.07, 6.45) is 5.84. The van der Waals surface area contributed by atoms with Gasteiger partial charge in [0.2, 0.25) is 0 Å². The van der Waals surface area contributed by atoms with Crippen molar-refractivity contribution in [1.82, 2.24) is 4.98 Å². The van der Waals surface area contributed by atoms with Crippen LogP contribution in [0.3, 0.4) is 0 Å². The number of hydrogen-bond acceptors (Lipinski definition) is 6. The standard InChI is InChI=1S/C13H21N3OS.C6H10O.C2H6/c1-9(2)15-13-16-12(8-18-13)11(4)14-7-6-10(3)17-5;1-3-5-6(7)4-2;1-2/h6,8-9H,7H2,1-5H3,(H,15,16);3-4,7H,1,5H2,2H3;1-2H3/b10-6+,14-11?;6-4+;. The molecule has 5 nitrogen and oxygen atoms in total. The van der Waals surface area contributed by atoms with Gasteiger partial charge in [-0.25, -0.2) is 4.98 Å². The normalized spacial score (nSPS) is 11.8. The molecule has 0 saturated heterocycles. The van der Waals surface area contributed by atoms with Crippen LogP contribution < -0.4 is 5.32 Å². The average Bonchev–Trinajstić information content (AvgIpc) is 3.11. The molecule has 0 atom stereocenters. The Bertz CT molecular complexity index is 602. The van der Waals surface area contributed by atoms with Crippen LogP contribution in [0.15, 0.2) is 46.7 Å². The van der Waals surface area contributed by atoms with Gasteiger partial charge in [0.15, 0.2) is 5.13 Å². The molecule has 1 aromatic heterocycles. The highest BCUT2D eigenvalue weighted by Gasteiger charge is 2.05. The molecule has 154 valence electrons. The highest BCUT2D eigenvalue weighted by Crippen LogP contribution is 2.16. The molecular formula is C21H37N3O2S. The number of aromatic nitrogens is 1. The molecule has 1 heterocycles. The lowest BCUT2D eigenvalue weighted by atomic mass is 10.3. The molecule has 0 bridgehead atoms. The summed E-state index contributed by atoms with van der Waals surface area (Å²) in [5.74, 6) is 1.27. The third-order valence-electron chi connectivity index (χ3n) is 3.00. The Labute approximate surface area is 169 Å². The smallest absolute Gasteiger partial charge is 0.183 e. The lowest BCUT2D eigenvalue weighted by Gasteiger charge is -2.04. The number of aliphatic imine (C=N–C) groups is 1. The Kier molecular flexibility index (Phi) is 17.4. The highest BCUT2D eigenvalue weighted by molar-refractivity contribution is 7.13. The summed E-state index contributed by atoms with van der Waals surface area (Å²) in [6, 6.07) is 0.397. The minimum absolute atomic E-state index is 0.384. The molecule has 0 amide bonds. The minimum Gasteiger partial charge on any atom is -0.512 e. The van der Waals surface area contributed by atoms with Gasteiger partial charge in [0, 0.05) is 17.8 Å². The van der Waals surface area contributed by atoms with E-state index in [1.54, 1.807) is 37.5 Å². The molecule has 0 aliphatic rings. The lowest BCUT2D eigenvalue weighted by molar-refractivity contribution is 0.292. The molecule has 2 N–H and O–H groups in total. The molecule has 1 aromatic rings. The first-order chi connectivity index (χ1) is 12.8. The predicted octanol–water partition coefficient (Wildman–Crippen LogP) is 6.37. The predicted molar refractivity (Wildman–Crippen MR) is 121 cm³/mol. The maximum atomic E-state index is 8.65. The van der Waals surface area contributed by atoms with E-state index in [1.807, 2.05) is 39.2 Å². The van der Waals surface area contributed by atoms with E-state index in [2.05, 4.69) is 35.7 Å². The van der Waals surface area contributed by atoms with Crippen LogP contribution in [0, 0.1) is 0 Å². The van der Waals surface area contributed by atoms with Crippen LogP contribution in [0.5, 0.6) is 0 Å². The molecule has 0 aliphatic heterocycles.